The number of hydrogen-bond acceptors (Lipinski definition) is 1. The second-order valence-electron chi connectivity index (χ2n) is 5.97. The van der Waals surface area contributed by atoms with Gasteiger partial charge in [-0.15, -0.1) is 0 Å². The van der Waals surface area contributed by atoms with E-state index in [1.807, 2.05) is 36.4 Å². The van der Waals surface area contributed by atoms with Gasteiger partial charge in [0.2, 0.25) is 0 Å². The van der Waals surface area contributed by atoms with E-state index in [0.717, 1.165) is 22.3 Å². The smallest absolute Gasteiger partial charge is 0.123 e. The molecule has 0 saturated carbocycles. The Morgan fingerprint density at radius 2 is 0.760 bits per heavy atom. The van der Waals surface area contributed by atoms with Gasteiger partial charge in [-0.25, -0.2) is 0 Å². The van der Waals surface area contributed by atoms with Gasteiger partial charge >= 0.3 is 0 Å². The minimum absolute atomic E-state index is 0.298. The number of para-hydroxylation sites is 1. The Hall–Kier alpha value is -3.32. The molecular formula is C24H18O. The molecule has 0 heterocycles. The monoisotopic (exact) mass is 322 g/mol. The SMILES string of the molecule is Oc1ccccc1-c1ccccc1-c1ccccc1-c1ccccc1. The van der Waals surface area contributed by atoms with Gasteiger partial charge in [0.05, 0.1) is 0 Å². The van der Waals surface area contributed by atoms with E-state index in [0.29, 0.717) is 5.75 Å². The number of phenols is 1. The lowest BCUT2D eigenvalue weighted by Gasteiger charge is -2.15. The summed E-state index contributed by atoms with van der Waals surface area (Å²) in [7, 11) is 0. The fourth-order valence-corrected chi connectivity index (χ4v) is 3.24. The van der Waals surface area contributed by atoms with Crippen molar-refractivity contribution >= 4 is 0 Å². The van der Waals surface area contributed by atoms with E-state index in [4.69, 9.17) is 0 Å². The summed E-state index contributed by atoms with van der Waals surface area (Å²) >= 11 is 0. The van der Waals surface area contributed by atoms with Crippen LogP contribution in [0.1, 0.15) is 0 Å². The molecule has 0 radical (unpaired) electrons. The zero-order valence-electron chi connectivity index (χ0n) is 13.8. The molecule has 0 bridgehead atoms. The van der Waals surface area contributed by atoms with E-state index >= 15 is 0 Å². The van der Waals surface area contributed by atoms with Crippen molar-refractivity contribution in [2.45, 2.75) is 0 Å². The fraction of sp³-hybridized carbons (Fsp3) is 0. The average molecular weight is 322 g/mol. The molecule has 0 unspecified atom stereocenters. The predicted octanol–water partition coefficient (Wildman–Crippen LogP) is 6.39. The van der Waals surface area contributed by atoms with E-state index in [2.05, 4.69) is 60.7 Å². The molecule has 0 amide bonds. The first kappa shape index (κ1) is 15.2. The topological polar surface area (TPSA) is 20.2 Å². The molecule has 1 N–H and O–H groups in total. The molecule has 0 aliphatic carbocycles. The van der Waals surface area contributed by atoms with Crippen LogP contribution in [0.25, 0.3) is 33.4 Å². The minimum atomic E-state index is 0.298. The van der Waals surface area contributed by atoms with Crippen LogP contribution in [0, 0.1) is 0 Å². The zero-order chi connectivity index (χ0) is 17.1. The van der Waals surface area contributed by atoms with Crippen LogP contribution < -0.4 is 0 Å². The first-order valence-electron chi connectivity index (χ1n) is 8.37. The van der Waals surface area contributed by atoms with Gasteiger partial charge in [-0.3, -0.25) is 0 Å². The molecule has 0 aliphatic heterocycles. The number of aromatic hydroxyl groups is 1. The lowest BCUT2D eigenvalue weighted by molar-refractivity contribution is 0.477. The summed E-state index contributed by atoms with van der Waals surface area (Å²) in [5, 5.41) is 10.3. The lowest BCUT2D eigenvalue weighted by Crippen LogP contribution is -1.89. The molecule has 0 aliphatic rings. The van der Waals surface area contributed by atoms with Crippen molar-refractivity contribution in [3.05, 3.63) is 103 Å². The molecular weight excluding hydrogens is 304 g/mol. The molecule has 25 heavy (non-hydrogen) atoms. The van der Waals surface area contributed by atoms with Crippen molar-refractivity contribution in [1.29, 1.82) is 0 Å². The summed E-state index contributed by atoms with van der Waals surface area (Å²) in [4.78, 5) is 0. The van der Waals surface area contributed by atoms with Crippen LogP contribution in [0.4, 0.5) is 0 Å². The molecule has 120 valence electrons. The highest BCUT2D eigenvalue weighted by molar-refractivity contribution is 5.92. The van der Waals surface area contributed by atoms with Crippen molar-refractivity contribution < 1.29 is 5.11 Å². The maximum atomic E-state index is 10.3. The van der Waals surface area contributed by atoms with Crippen molar-refractivity contribution in [3.8, 4) is 39.1 Å². The van der Waals surface area contributed by atoms with Crippen LogP contribution in [0.15, 0.2) is 103 Å². The van der Waals surface area contributed by atoms with Crippen molar-refractivity contribution in [2.75, 3.05) is 0 Å². The van der Waals surface area contributed by atoms with E-state index in [1.165, 1.54) is 11.1 Å². The quantitative estimate of drug-likeness (QED) is 0.463. The second kappa shape index (κ2) is 6.66. The predicted molar refractivity (Wildman–Crippen MR) is 104 cm³/mol. The summed E-state index contributed by atoms with van der Waals surface area (Å²) in [5.74, 6) is 0.298. The van der Waals surface area contributed by atoms with Crippen LogP contribution in [0.5, 0.6) is 5.75 Å². The van der Waals surface area contributed by atoms with Gasteiger partial charge in [0.15, 0.2) is 0 Å². The standard InChI is InChI=1S/C24H18O/c25-24-17-9-8-16-23(24)22-15-7-6-14-21(22)20-13-5-4-12-19(20)18-10-2-1-3-11-18/h1-17,25H. The van der Waals surface area contributed by atoms with Crippen molar-refractivity contribution in [2.24, 2.45) is 0 Å². The van der Waals surface area contributed by atoms with Gasteiger partial charge in [-0.2, -0.15) is 0 Å². The van der Waals surface area contributed by atoms with Crippen LogP contribution >= 0.6 is 0 Å². The van der Waals surface area contributed by atoms with Gasteiger partial charge in [0.1, 0.15) is 5.75 Å². The Bertz CT molecular complexity index is 1000. The summed E-state index contributed by atoms with van der Waals surface area (Å²) in [6.07, 6.45) is 0. The van der Waals surface area contributed by atoms with Crippen LogP contribution in [0.3, 0.4) is 0 Å². The maximum absolute atomic E-state index is 10.3. The molecule has 0 aromatic heterocycles. The van der Waals surface area contributed by atoms with E-state index in [1.54, 1.807) is 6.07 Å². The van der Waals surface area contributed by atoms with Crippen LogP contribution in [0.2, 0.25) is 0 Å². The summed E-state index contributed by atoms with van der Waals surface area (Å²) in [6, 6.07) is 34.5. The number of rotatable bonds is 3. The molecule has 1 nitrogen and oxygen atoms in total. The minimum Gasteiger partial charge on any atom is -0.507 e. The summed E-state index contributed by atoms with van der Waals surface area (Å²) in [6.45, 7) is 0. The van der Waals surface area contributed by atoms with Crippen LogP contribution in [-0.2, 0) is 0 Å². The Balaban J connectivity index is 1.95. The third kappa shape index (κ3) is 2.92. The highest BCUT2D eigenvalue weighted by Crippen LogP contribution is 2.40. The first-order chi connectivity index (χ1) is 12.3. The van der Waals surface area contributed by atoms with Crippen LogP contribution in [-0.4, -0.2) is 5.11 Å². The largest absolute Gasteiger partial charge is 0.507 e. The molecule has 0 saturated heterocycles. The van der Waals surface area contributed by atoms with E-state index in [-0.39, 0.29) is 0 Å². The van der Waals surface area contributed by atoms with Gasteiger partial charge in [-0.1, -0.05) is 97.1 Å². The maximum Gasteiger partial charge on any atom is 0.123 e. The van der Waals surface area contributed by atoms with Gasteiger partial charge < -0.3 is 5.11 Å². The molecule has 4 aromatic carbocycles. The third-order valence-electron chi connectivity index (χ3n) is 4.42. The van der Waals surface area contributed by atoms with Crippen molar-refractivity contribution in [1.82, 2.24) is 0 Å². The highest BCUT2D eigenvalue weighted by atomic mass is 16.3. The summed E-state index contributed by atoms with van der Waals surface area (Å²) in [5.41, 5.74) is 6.53. The molecule has 0 fully saturated rings. The van der Waals surface area contributed by atoms with E-state index in [9.17, 15) is 5.11 Å². The van der Waals surface area contributed by atoms with Gasteiger partial charge in [0.25, 0.3) is 0 Å². The number of phenolic OH excluding ortho intramolecular Hbond substituents is 1. The molecule has 1 heteroatoms. The van der Waals surface area contributed by atoms with Crippen molar-refractivity contribution in [3.63, 3.8) is 0 Å². The summed E-state index contributed by atoms with van der Waals surface area (Å²) < 4.78 is 0. The Labute approximate surface area is 147 Å². The number of benzene rings is 4. The lowest BCUT2D eigenvalue weighted by atomic mass is 9.89. The van der Waals surface area contributed by atoms with Gasteiger partial charge in [0, 0.05) is 5.56 Å². The molecule has 0 atom stereocenters. The molecule has 4 rings (SSSR count). The third-order valence-corrected chi connectivity index (χ3v) is 4.42. The Morgan fingerprint density at radius 3 is 1.36 bits per heavy atom. The van der Waals surface area contributed by atoms with E-state index < -0.39 is 0 Å². The zero-order valence-corrected chi connectivity index (χ0v) is 13.8. The molecule has 0 spiro atoms. The molecule has 4 aromatic rings. The first-order valence-corrected chi connectivity index (χ1v) is 8.37. The highest BCUT2D eigenvalue weighted by Gasteiger charge is 2.13. The number of hydrogen-bond donors (Lipinski definition) is 1. The normalized spacial score (nSPS) is 10.6. The Kier molecular flexibility index (Phi) is 4.05. The Morgan fingerprint density at radius 1 is 0.360 bits per heavy atom. The average Bonchev–Trinajstić information content (AvgIpc) is 2.69. The second-order valence-corrected chi connectivity index (χ2v) is 5.97. The fourth-order valence-electron chi connectivity index (χ4n) is 3.24. The van der Waals surface area contributed by atoms with Gasteiger partial charge in [-0.05, 0) is 33.9 Å².